The van der Waals surface area contributed by atoms with Gasteiger partial charge in [0.2, 0.25) is 5.91 Å². The quantitative estimate of drug-likeness (QED) is 0.661. The van der Waals surface area contributed by atoms with Crippen LogP contribution in [0.25, 0.3) is 0 Å². The number of nitrogens with one attached hydrogen (secondary N) is 1. The molecule has 182 valence electrons. The van der Waals surface area contributed by atoms with Gasteiger partial charge in [-0.2, -0.15) is 13.2 Å². The highest BCUT2D eigenvalue weighted by Gasteiger charge is 2.42. The van der Waals surface area contributed by atoms with Crippen molar-refractivity contribution in [1.82, 2.24) is 10.2 Å². The zero-order valence-corrected chi connectivity index (χ0v) is 19.1. The van der Waals surface area contributed by atoms with Crippen LogP contribution in [0.15, 0.2) is 48.5 Å². The zero-order valence-electron chi connectivity index (χ0n) is 19.1. The van der Waals surface area contributed by atoms with Gasteiger partial charge >= 0.3 is 6.18 Å². The van der Waals surface area contributed by atoms with Crippen LogP contribution >= 0.6 is 0 Å². The summed E-state index contributed by atoms with van der Waals surface area (Å²) in [6.07, 6.45) is -1.81. The number of halogens is 3. The lowest BCUT2D eigenvalue weighted by Gasteiger charge is -2.49. The van der Waals surface area contributed by atoms with Gasteiger partial charge in [-0.25, -0.2) is 0 Å². The molecule has 2 fully saturated rings. The van der Waals surface area contributed by atoms with E-state index in [9.17, 15) is 18.0 Å². The van der Waals surface area contributed by atoms with Gasteiger partial charge in [0.05, 0.1) is 17.5 Å². The summed E-state index contributed by atoms with van der Waals surface area (Å²) < 4.78 is 45.9. The van der Waals surface area contributed by atoms with Gasteiger partial charge in [0.15, 0.2) is 0 Å². The number of nitrogens with zero attached hydrogens (tertiary/aromatic N) is 2. The Labute approximate surface area is 197 Å². The van der Waals surface area contributed by atoms with Crippen LogP contribution in [0.3, 0.4) is 0 Å². The van der Waals surface area contributed by atoms with Crippen LogP contribution in [-0.2, 0) is 17.4 Å². The van der Waals surface area contributed by atoms with Crippen LogP contribution in [0, 0.1) is 11.8 Å². The van der Waals surface area contributed by atoms with E-state index in [0.29, 0.717) is 44.1 Å². The third kappa shape index (κ3) is 5.17. The Morgan fingerprint density at radius 1 is 1.09 bits per heavy atom. The highest BCUT2D eigenvalue weighted by atomic mass is 19.4. The number of fused-ring (bicyclic) bond motifs is 3. The monoisotopic (exact) mass is 473 g/mol. The second-order valence-corrected chi connectivity index (χ2v) is 9.56. The average molecular weight is 474 g/mol. The molecule has 2 heterocycles. The SMILES string of the molecule is O=C(NCC1CC1)C1Cc2cc(C(F)(F)F)ccc2N2CCN(CCOc3ccccc3)CC12. The third-order valence-corrected chi connectivity index (χ3v) is 7.14. The minimum atomic E-state index is -4.40. The largest absolute Gasteiger partial charge is 0.492 e. The summed E-state index contributed by atoms with van der Waals surface area (Å²) in [5.41, 5.74) is 0.779. The lowest BCUT2D eigenvalue weighted by Crippen LogP contribution is -2.61. The number of hydrogen-bond donors (Lipinski definition) is 1. The Morgan fingerprint density at radius 2 is 1.88 bits per heavy atom. The Hall–Kier alpha value is -2.74. The Bertz CT molecular complexity index is 1010. The van der Waals surface area contributed by atoms with E-state index in [1.54, 1.807) is 6.07 Å². The predicted octanol–water partition coefficient (Wildman–Crippen LogP) is 3.97. The highest BCUT2D eigenvalue weighted by molar-refractivity contribution is 5.82. The standard InChI is InChI=1S/C26H30F3N3O2/c27-26(28,29)20-8-9-23-19(14-20)15-22(25(33)30-16-18-6-7-18)24-17-31(10-11-32(23)24)12-13-34-21-4-2-1-3-5-21/h1-5,8-9,14,18,22,24H,6-7,10-13,15-17H2,(H,30,33). The number of ether oxygens (including phenoxy) is 1. The van der Waals surface area contributed by atoms with Crippen LogP contribution in [0.1, 0.15) is 24.0 Å². The van der Waals surface area contributed by atoms with Gasteiger partial charge in [0.25, 0.3) is 0 Å². The number of amides is 1. The van der Waals surface area contributed by atoms with E-state index in [-0.39, 0.29) is 17.9 Å². The van der Waals surface area contributed by atoms with Crippen LogP contribution in [0.5, 0.6) is 5.75 Å². The van der Waals surface area contributed by atoms with E-state index in [2.05, 4.69) is 15.1 Å². The van der Waals surface area contributed by atoms with Crippen molar-refractivity contribution in [2.45, 2.75) is 31.5 Å². The molecule has 34 heavy (non-hydrogen) atoms. The number of hydrogen-bond acceptors (Lipinski definition) is 4. The molecule has 0 radical (unpaired) electrons. The van der Waals surface area contributed by atoms with Crippen molar-refractivity contribution in [3.8, 4) is 5.75 Å². The minimum absolute atomic E-state index is 0.0488. The average Bonchev–Trinajstić information content (AvgIpc) is 3.66. The van der Waals surface area contributed by atoms with Crippen molar-refractivity contribution in [1.29, 1.82) is 0 Å². The smallest absolute Gasteiger partial charge is 0.416 e. The number of piperazine rings is 1. The minimum Gasteiger partial charge on any atom is -0.492 e. The molecule has 1 saturated heterocycles. The number of carbonyl (C=O) groups excluding carboxylic acids is 1. The fourth-order valence-corrected chi connectivity index (χ4v) is 5.07. The molecule has 1 N–H and O–H groups in total. The van der Waals surface area contributed by atoms with Crippen LogP contribution in [-0.4, -0.2) is 56.2 Å². The molecule has 0 aromatic heterocycles. The summed E-state index contributed by atoms with van der Waals surface area (Å²) in [6.45, 7) is 4.05. The summed E-state index contributed by atoms with van der Waals surface area (Å²) in [5.74, 6) is 0.941. The number of rotatable bonds is 7. The highest BCUT2D eigenvalue weighted by Crippen LogP contribution is 2.40. The van der Waals surface area contributed by atoms with Gasteiger partial charge < -0.3 is 15.0 Å². The molecule has 1 saturated carbocycles. The maximum Gasteiger partial charge on any atom is 0.416 e. The van der Waals surface area contributed by atoms with Crippen LogP contribution in [0.4, 0.5) is 18.9 Å². The zero-order chi connectivity index (χ0) is 23.7. The van der Waals surface area contributed by atoms with E-state index < -0.39 is 11.7 Å². The lowest BCUT2D eigenvalue weighted by atomic mass is 9.82. The molecule has 2 aliphatic heterocycles. The van der Waals surface area contributed by atoms with E-state index >= 15 is 0 Å². The topological polar surface area (TPSA) is 44.8 Å². The van der Waals surface area contributed by atoms with Gasteiger partial charge in [0.1, 0.15) is 12.4 Å². The Kier molecular flexibility index (Phi) is 6.42. The third-order valence-electron chi connectivity index (χ3n) is 7.14. The first kappa shape index (κ1) is 23.0. The summed E-state index contributed by atoms with van der Waals surface area (Å²) in [7, 11) is 0. The van der Waals surface area contributed by atoms with E-state index in [1.165, 1.54) is 6.07 Å². The molecular weight excluding hydrogens is 443 g/mol. The van der Waals surface area contributed by atoms with Gasteiger partial charge in [-0.1, -0.05) is 18.2 Å². The fourth-order valence-electron chi connectivity index (χ4n) is 5.07. The van der Waals surface area contributed by atoms with Crippen molar-refractivity contribution in [3.05, 3.63) is 59.7 Å². The van der Waals surface area contributed by atoms with Gasteiger partial charge in [0, 0.05) is 38.4 Å². The fraction of sp³-hybridized carbons (Fsp3) is 0.500. The van der Waals surface area contributed by atoms with Gasteiger partial charge in [-0.05, 0) is 61.1 Å². The molecule has 1 amide bonds. The molecule has 1 aliphatic carbocycles. The molecule has 0 spiro atoms. The van der Waals surface area contributed by atoms with Gasteiger partial charge in [-0.3, -0.25) is 9.69 Å². The lowest BCUT2D eigenvalue weighted by molar-refractivity contribution is -0.137. The van der Waals surface area contributed by atoms with E-state index in [0.717, 1.165) is 43.4 Å². The molecule has 2 unspecified atom stereocenters. The summed E-state index contributed by atoms with van der Waals surface area (Å²) in [4.78, 5) is 17.6. The van der Waals surface area contributed by atoms with Gasteiger partial charge in [-0.15, -0.1) is 0 Å². The normalized spacial score (nSPS) is 22.6. The van der Waals surface area contributed by atoms with Crippen LogP contribution < -0.4 is 15.0 Å². The first-order chi connectivity index (χ1) is 16.4. The predicted molar refractivity (Wildman–Crippen MR) is 124 cm³/mol. The summed E-state index contributed by atoms with van der Waals surface area (Å²) in [6, 6.07) is 13.5. The number of anilines is 1. The molecule has 2 atom stereocenters. The second-order valence-electron chi connectivity index (χ2n) is 9.56. The molecule has 2 aromatic carbocycles. The second kappa shape index (κ2) is 9.49. The van der Waals surface area contributed by atoms with Crippen molar-refractivity contribution < 1.29 is 22.7 Å². The molecule has 3 aliphatic rings. The van der Waals surface area contributed by atoms with Crippen molar-refractivity contribution in [2.75, 3.05) is 44.2 Å². The first-order valence-electron chi connectivity index (χ1n) is 12.0. The number of alkyl halides is 3. The van der Waals surface area contributed by atoms with Crippen molar-refractivity contribution in [3.63, 3.8) is 0 Å². The molecule has 2 aromatic rings. The van der Waals surface area contributed by atoms with E-state index in [1.807, 2.05) is 30.3 Å². The molecule has 8 heteroatoms. The van der Waals surface area contributed by atoms with Crippen LogP contribution in [0.2, 0.25) is 0 Å². The summed E-state index contributed by atoms with van der Waals surface area (Å²) in [5, 5.41) is 3.07. The molecular formula is C26H30F3N3O2. The first-order valence-corrected chi connectivity index (χ1v) is 12.0. The Balaban J connectivity index is 1.31. The Morgan fingerprint density at radius 3 is 2.62 bits per heavy atom. The number of para-hydroxylation sites is 1. The molecule has 0 bridgehead atoms. The van der Waals surface area contributed by atoms with E-state index in [4.69, 9.17) is 4.74 Å². The number of carbonyl (C=O) groups is 1. The molecule has 5 rings (SSSR count). The van der Waals surface area contributed by atoms with Crippen molar-refractivity contribution >= 4 is 11.6 Å². The van der Waals surface area contributed by atoms with Crippen molar-refractivity contribution in [2.24, 2.45) is 11.8 Å². The maximum absolute atomic E-state index is 13.3. The molecule has 5 nitrogen and oxygen atoms in total. The maximum atomic E-state index is 13.3. The number of benzene rings is 2. The summed E-state index contributed by atoms with van der Waals surface area (Å²) >= 11 is 0.